The van der Waals surface area contributed by atoms with Crippen molar-refractivity contribution >= 4 is 11.6 Å². The zero-order valence-corrected chi connectivity index (χ0v) is 26.5. The number of allylic oxidation sites excluding steroid dienone is 1. The molecular formula is C33H58N2O5. The molecule has 7 atom stereocenters. The first-order valence-corrected chi connectivity index (χ1v) is 15.9. The maximum Gasteiger partial charge on any atom is 0.222 e. The van der Waals surface area contributed by atoms with E-state index < -0.39 is 23.1 Å². The summed E-state index contributed by atoms with van der Waals surface area (Å²) in [6.07, 6.45) is 10.5. The predicted octanol–water partition coefficient (Wildman–Crippen LogP) is 5.34. The standard InChI is InChI=1S/C28H48N2O5.C5H10/c1-16(2)35-28(8,34)30-25(19-12-10-9-11-13-19)27(7,33)20-14-21-24(26(21,5)6)23(20)17(3)29-15-22(32)18(4)31;1-5-3-2-4-5/h16,19-21,23-25,29-30,33-34H,3,9-15H2,1-2,4-8H3;5H,2-4H2,1H3. The van der Waals surface area contributed by atoms with Gasteiger partial charge in [0.15, 0.2) is 5.78 Å². The summed E-state index contributed by atoms with van der Waals surface area (Å²) >= 11 is 0. The van der Waals surface area contributed by atoms with E-state index in [9.17, 15) is 19.8 Å². The second kappa shape index (κ2) is 12.9. The molecule has 0 bridgehead atoms. The second-order valence-electron chi connectivity index (χ2n) is 14.6. The molecule has 0 radical (unpaired) electrons. The lowest BCUT2D eigenvalue weighted by Gasteiger charge is -2.49. The Bertz CT molecular complexity index is 901. The van der Waals surface area contributed by atoms with E-state index in [1.165, 1.54) is 32.6 Å². The van der Waals surface area contributed by atoms with Gasteiger partial charge in [0.2, 0.25) is 11.7 Å². The number of ketones is 2. The van der Waals surface area contributed by atoms with E-state index in [1.54, 1.807) is 6.92 Å². The smallest absolute Gasteiger partial charge is 0.222 e. The normalized spacial score (nSPS) is 31.5. The largest absolute Gasteiger partial charge is 0.388 e. The summed E-state index contributed by atoms with van der Waals surface area (Å²) in [5.74, 6) is -0.555. The van der Waals surface area contributed by atoms with Crippen LogP contribution in [-0.2, 0) is 14.3 Å². The first-order valence-electron chi connectivity index (χ1n) is 15.9. The van der Waals surface area contributed by atoms with Crippen molar-refractivity contribution in [2.75, 3.05) is 6.54 Å². The molecule has 40 heavy (non-hydrogen) atoms. The molecule has 0 aromatic rings. The van der Waals surface area contributed by atoms with Crippen molar-refractivity contribution < 1.29 is 24.5 Å². The molecule has 4 N–H and O–H groups in total. The van der Waals surface area contributed by atoms with E-state index in [0.29, 0.717) is 11.8 Å². The molecule has 230 valence electrons. The maximum atomic E-state index is 12.3. The number of carbonyl (C=O) groups excluding carboxylic acids is 2. The molecule has 4 fully saturated rings. The third-order valence-corrected chi connectivity index (χ3v) is 10.5. The van der Waals surface area contributed by atoms with Gasteiger partial charge in [0.05, 0.1) is 18.2 Å². The fraction of sp³-hybridized carbons (Fsp3) is 0.879. The Morgan fingerprint density at radius 2 is 1.62 bits per heavy atom. The van der Waals surface area contributed by atoms with Gasteiger partial charge < -0.3 is 20.3 Å². The molecule has 0 heterocycles. The summed E-state index contributed by atoms with van der Waals surface area (Å²) in [5, 5.41) is 29.8. The van der Waals surface area contributed by atoms with Gasteiger partial charge in [-0.05, 0) is 75.0 Å². The van der Waals surface area contributed by atoms with E-state index in [4.69, 9.17) is 4.74 Å². The molecule has 0 amide bonds. The van der Waals surface area contributed by atoms with Crippen LogP contribution >= 0.6 is 0 Å². The van der Waals surface area contributed by atoms with Crippen molar-refractivity contribution in [2.24, 2.45) is 40.9 Å². The Balaban J connectivity index is 0.000000792. The number of hydrogen-bond acceptors (Lipinski definition) is 7. The molecule has 4 aliphatic carbocycles. The molecule has 0 aromatic carbocycles. The zero-order chi connectivity index (χ0) is 30.0. The van der Waals surface area contributed by atoms with Crippen LogP contribution in [0.25, 0.3) is 0 Å². The highest BCUT2D eigenvalue weighted by Gasteiger charge is 2.70. The highest BCUT2D eigenvalue weighted by atomic mass is 16.6. The van der Waals surface area contributed by atoms with Crippen molar-refractivity contribution in [1.82, 2.24) is 10.6 Å². The molecule has 7 heteroatoms. The number of ether oxygens (including phenoxy) is 1. The molecule has 0 spiro atoms. The van der Waals surface area contributed by atoms with E-state index in [0.717, 1.165) is 43.7 Å². The third kappa shape index (κ3) is 7.76. The van der Waals surface area contributed by atoms with Crippen LogP contribution in [0.15, 0.2) is 12.3 Å². The molecule has 0 aromatic heterocycles. The lowest BCUT2D eigenvalue weighted by Crippen LogP contribution is -2.65. The van der Waals surface area contributed by atoms with Crippen LogP contribution in [0.1, 0.15) is 113 Å². The summed E-state index contributed by atoms with van der Waals surface area (Å²) in [6, 6.07) is -0.365. The SMILES string of the molecule is C=C(NCC(=O)C(C)=O)C1C2C(CC1C(C)(O)C(NC(C)(O)OC(C)C)C1CCCCC1)C2(C)C.CC1CCC1. The minimum atomic E-state index is -1.57. The Labute approximate surface area is 243 Å². The van der Waals surface area contributed by atoms with Crippen LogP contribution in [0.3, 0.4) is 0 Å². The summed E-state index contributed by atoms with van der Waals surface area (Å²) < 4.78 is 5.78. The summed E-state index contributed by atoms with van der Waals surface area (Å²) in [4.78, 5) is 23.4. The van der Waals surface area contributed by atoms with Crippen LogP contribution in [-0.4, -0.2) is 52.0 Å². The summed E-state index contributed by atoms with van der Waals surface area (Å²) in [5.41, 5.74) is -0.280. The number of Topliss-reactive ketones (excluding diaryl/α,β-unsaturated/α-hetero) is 2. The van der Waals surface area contributed by atoms with E-state index in [1.807, 2.05) is 20.8 Å². The Kier molecular flexibility index (Phi) is 10.7. The Morgan fingerprint density at radius 1 is 1.05 bits per heavy atom. The minimum Gasteiger partial charge on any atom is -0.388 e. The van der Waals surface area contributed by atoms with Gasteiger partial charge in [0.1, 0.15) is 0 Å². The van der Waals surface area contributed by atoms with Gasteiger partial charge in [-0.2, -0.15) is 0 Å². The monoisotopic (exact) mass is 562 g/mol. The minimum absolute atomic E-state index is 0.0337. The van der Waals surface area contributed by atoms with Gasteiger partial charge in [0.25, 0.3) is 0 Å². The topological polar surface area (TPSA) is 108 Å². The molecule has 7 unspecified atom stereocenters. The lowest BCUT2D eigenvalue weighted by molar-refractivity contribution is -0.249. The molecule has 4 aliphatic rings. The summed E-state index contributed by atoms with van der Waals surface area (Å²) in [6.45, 7) is 19.6. The molecule has 4 rings (SSSR count). The molecule has 7 nitrogen and oxygen atoms in total. The van der Waals surface area contributed by atoms with Gasteiger partial charge in [-0.3, -0.25) is 14.9 Å². The van der Waals surface area contributed by atoms with Crippen molar-refractivity contribution in [1.29, 1.82) is 0 Å². The quantitative estimate of drug-likeness (QED) is 0.188. The fourth-order valence-electron chi connectivity index (χ4n) is 7.95. The number of carbonyl (C=O) groups is 2. The van der Waals surface area contributed by atoms with Gasteiger partial charge in [-0.1, -0.05) is 65.9 Å². The Morgan fingerprint density at radius 3 is 2.10 bits per heavy atom. The van der Waals surface area contributed by atoms with Gasteiger partial charge in [0, 0.05) is 31.5 Å². The van der Waals surface area contributed by atoms with Crippen molar-refractivity contribution in [3.63, 3.8) is 0 Å². The van der Waals surface area contributed by atoms with Gasteiger partial charge in [-0.15, -0.1) is 0 Å². The van der Waals surface area contributed by atoms with Gasteiger partial charge >= 0.3 is 0 Å². The van der Waals surface area contributed by atoms with E-state index in [-0.39, 0.29) is 41.9 Å². The number of rotatable bonds is 12. The van der Waals surface area contributed by atoms with E-state index in [2.05, 4.69) is 38.0 Å². The van der Waals surface area contributed by atoms with E-state index >= 15 is 0 Å². The highest BCUT2D eigenvalue weighted by Crippen LogP contribution is 2.73. The molecule has 4 saturated carbocycles. The lowest BCUT2D eigenvalue weighted by atomic mass is 9.66. The third-order valence-electron chi connectivity index (χ3n) is 10.5. The number of hydrogen-bond donors (Lipinski definition) is 4. The van der Waals surface area contributed by atoms with Crippen molar-refractivity contribution in [3.8, 4) is 0 Å². The van der Waals surface area contributed by atoms with Crippen molar-refractivity contribution in [2.45, 2.75) is 137 Å². The Hall–Kier alpha value is -1.28. The van der Waals surface area contributed by atoms with Crippen LogP contribution in [0.2, 0.25) is 0 Å². The van der Waals surface area contributed by atoms with Crippen LogP contribution in [0.5, 0.6) is 0 Å². The number of aliphatic hydroxyl groups is 2. The van der Waals surface area contributed by atoms with Crippen LogP contribution < -0.4 is 10.6 Å². The molecular weight excluding hydrogens is 504 g/mol. The van der Waals surface area contributed by atoms with Gasteiger partial charge in [-0.25, -0.2) is 0 Å². The van der Waals surface area contributed by atoms with Crippen molar-refractivity contribution in [3.05, 3.63) is 12.3 Å². The van der Waals surface area contributed by atoms with Crippen LogP contribution in [0, 0.1) is 40.9 Å². The first kappa shape index (κ1) is 33.2. The average Bonchev–Trinajstić information content (AvgIpc) is 3.17. The number of nitrogens with one attached hydrogen (secondary N) is 2. The fourth-order valence-corrected chi connectivity index (χ4v) is 7.95. The first-order chi connectivity index (χ1) is 18.5. The predicted molar refractivity (Wildman–Crippen MR) is 159 cm³/mol. The average molecular weight is 563 g/mol. The zero-order valence-electron chi connectivity index (χ0n) is 26.5. The highest BCUT2D eigenvalue weighted by molar-refractivity contribution is 6.37. The molecule has 0 aliphatic heterocycles. The van der Waals surface area contributed by atoms with Crippen LogP contribution in [0.4, 0.5) is 0 Å². The molecule has 0 saturated heterocycles. The maximum absolute atomic E-state index is 12.3. The number of fused-ring (bicyclic) bond motifs is 1. The second-order valence-corrected chi connectivity index (χ2v) is 14.6. The summed E-state index contributed by atoms with van der Waals surface area (Å²) in [7, 11) is 0.